The maximum absolute atomic E-state index is 11.4. The standard InChI is InChI=1S/C23H38O7/c24-20-22(26)23(27)21(25)18-16-14-12-10-8-6-4-2-1-3-5-7-9-11-13-15-17-19-29-30-28/h4,6,8,10,12,14,16,18,22-24,26-28H,1-3,5,7,9,11,13,15,17,19-20H2. The van der Waals surface area contributed by atoms with Gasteiger partial charge in [0.25, 0.3) is 0 Å². The fourth-order valence-electron chi connectivity index (χ4n) is 2.67. The lowest BCUT2D eigenvalue weighted by Crippen LogP contribution is -2.35. The van der Waals surface area contributed by atoms with Crippen molar-refractivity contribution in [2.24, 2.45) is 0 Å². The summed E-state index contributed by atoms with van der Waals surface area (Å²) >= 11 is 0. The summed E-state index contributed by atoms with van der Waals surface area (Å²) in [6.45, 7) is -0.220. The van der Waals surface area contributed by atoms with Gasteiger partial charge in [-0.05, 0) is 25.3 Å². The average molecular weight is 427 g/mol. The summed E-state index contributed by atoms with van der Waals surface area (Å²) in [6, 6.07) is 0. The van der Waals surface area contributed by atoms with Crippen LogP contribution < -0.4 is 0 Å². The number of rotatable bonds is 20. The molecule has 7 heteroatoms. The number of carbonyl (C=O) groups is 1. The molecule has 0 aromatic heterocycles. The van der Waals surface area contributed by atoms with E-state index in [9.17, 15) is 9.90 Å². The van der Waals surface area contributed by atoms with Crippen molar-refractivity contribution < 1.29 is 35.3 Å². The molecule has 0 saturated carbocycles. The first-order valence-electron chi connectivity index (χ1n) is 10.7. The molecule has 30 heavy (non-hydrogen) atoms. The smallest absolute Gasteiger partial charge is 0.186 e. The van der Waals surface area contributed by atoms with Gasteiger partial charge in [0.2, 0.25) is 0 Å². The minimum absolute atomic E-state index is 0.441. The second-order valence-electron chi connectivity index (χ2n) is 7.02. The first kappa shape index (κ1) is 28.4. The number of carbonyl (C=O) groups excluding carboxylic acids is 1. The van der Waals surface area contributed by atoms with Crippen LogP contribution in [0.1, 0.15) is 64.2 Å². The molecule has 4 N–H and O–H groups in total. The van der Waals surface area contributed by atoms with Crippen LogP contribution in [0.2, 0.25) is 0 Å². The van der Waals surface area contributed by atoms with Gasteiger partial charge in [0.15, 0.2) is 5.78 Å². The van der Waals surface area contributed by atoms with E-state index in [4.69, 9.17) is 15.5 Å². The van der Waals surface area contributed by atoms with Crippen molar-refractivity contribution in [3.8, 4) is 0 Å². The Hall–Kier alpha value is -1.61. The number of allylic oxidation sites excluding steroid dienone is 7. The molecule has 0 rings (SSSR count). The summed E-state index contributed by atoms with van der Waals surface area (Å²) in [6.07, 6.45) is 22.6. The Morgan fingerprint density at radius 2 is 1.30 bits per heavy atom. The summed E-state index contributed by atoms with van der Waals surface area (Å²) in [5.41, 5.74) is 0. The predicted octanol–water partition coefficient (Wildman–Crippen LogP) is 3.82. The van der Waals surface area contributed by atoms with Gasteiger partial charge in [-0.2, -0.15) is 0 Å². The molecule has 2 unspecified atom stereocenters. The predicted molar refractivity (Wildman–Crippen MR) is 117 cm³/mol. The van der Waals surface area contributed by atoms with Crippen LogP contribution in [0.4, 0.5) is 0 Å². The van der Waals surface area contributed by atoms with Gasteiger partial charge in [0.1, 0.15) is 12.2 Å². The Labute approximate surface area is 179 Å². The van der Waals surface area contributed by atoms with E-state index in [2.05, 4.69) is 16.0 Å². The van der Waals surface area contributed by atoms with Gasteiger partial charge in [0, 0.05) is 0 Å². The molecule has 0 bridgehead atoms. The highest BCUT2D eigenvalue weighted by atomic mass is 17.5. The van der Waals surface area contributed by atoms with Crippen LogP contribution in [0, 0.1) is 0 Å². The summed E-state index contributed by atoms with van der Waals surface area (Å²) in [5.74, 6) is -0.648. The fraction of sp³-hybridized carbons (Fsp3) is 0.609. The minimum Gasteiger partial charge on any atom is -0.394 e. The normalized spacial score (nSPS) is 14.5. The summed E-state index contributed by atoms with van der Waals surface area (Å²) < 4.78 is 0. The molecular formula is C23H38O7. The van der Waals surface area contributed by atoms with E-state index in [-0.39, 0.29) is 0 Å². The highest BCUT2D eigenvalue weighted by molar-refractivity contribution is 5.94. The molecule has 0 aliphatic carbocycles. The van der Waals surface area contributed by atoms with E-state index in [1.165, 1.54) is 51.0 Å². The molecular weight excluding hydrogens is 388 g/mol. The van der Waals surface area contributed by atoms with Gasteiger partial charge in [-0.3, -0.25) is 4.79 Å². The van der Waals surface area contributed by atoms with E-state index < -0.39 is 24.6 Å². The zero-order chi connectivity index (χ0) is 22.3. The largest absolute Gasteiger partial charge is 0.394 e. The zero-order valence-corrected chi connectivity index (χ0v) is 17.8. The van der Waals surface area contributed by atoms with Gasteiger partial charge in [0.05, 0.1) is 13.2 Å². The van der Waals surface area contributed by atoms with Crippen LogP contribution >= 0.6 is 0 Å². The molecule has 0 heterocycles. The summed E-state index contributed by atoms with van der Waals surface area (Å²) in [7, 11) is 0. The molecule has 0 radical (unpaired) electrons. The number of hydrogen-bond acceptors (Lipinski definition) is 7. The molecule has 0 spiro atoms. The molecule has 0 aromatic rings. The maximum atomic E-state index is 11.4. The third-order valence-corrected chi connectivity index (χ3v) is 4.45. The van der Waals surface area contributed by atoms with E-state index in [1.807, 2.05) is 18.2 Å². The Morgan fingerprint density at radius 1 is 0.767 bits per heavy atom. The molecule has 7 nitrogen and oxygen atoms in total. The molecule has 0 amide bonds. The van der Waals surface area contributed by atoms with E-state index >= 15 is 0 Å². The Morgan fingerprint density at radius 3 is 1.90 bits per heavy atom. The summed E-state index contributed by atoms with van der Waals surface area (Å²) in [4.78, 5) is 15.8. The SMILES string of the molecule is O=C(C=CC=CC=CC=CCCCCCCCCCCCOOO)C(O)C(O)CO. The van der Waals surface area contributed by atoms with Crippen LogP contribution in [0.3, 0.4) is 0 Å². The Kier molecular flexibility index (Phi) is 20.9. The third kappa shape index (κ3) is 18.4. The monoisotopic (exact) mass is 426 g/mol. The summed E-state index contributed by atoms with van der Waals surface area (Å²) in [5, 5.41) is 38.7. The Balaban J connectivity index is 3.55. The third-order valence-electron chi connectivity index (χ3n) is 4.45. The van der Waals surface area contributed by atoms with Gasteiger partial charge >= 0.3 is 0 Å². The quantitative estimate of drug-likeness (QED) is 0.0769. The maximum Gasteiger partial charge on any atom is 0.186 e. The highest BCUT2D eigenvalue weighted by Gasteiger charge is 2.20. The molecule has 0 fully saturated rings. The Bertz CT molecular complexity index is 512. The number of ketones is 1. The van der Waals surface area contributed by atoms with Gasteiger partial charge in [-0.15, -0.1) is 0 Å². The van der Waals surface area contributed by atoms with Crippen molar-refractivity contribution in [3.05, 3.63) is 48.6 Å². The van der Waals surface area contributed by atoms with Gasteiger partial charge in [-0.1, -0.05) is 92.5 Å². The van der Waals surface area contributed by atoms with Crippen molar-refractivity contribution in [2.75, 3.05) is 13.2 Å². The van der Waals surface area contributed by atoms with Crippen molar-refractivity contribution >= 4 is 5.78 Å². The molecule has 0 aliphatic rings. The van der Waals surface area contributed by atoms with E-state index in [0.717, 1.165) is 25.3 Å². The van der Waals surface area contributed by atoms with Crippen molar-refractivity contribution in [1.82, 2.24) is 0 Å². The molecule has 0 aromatic carbocycles. The lowest BCUT2D eigenvalue weighted by Gasteiger charge is -2.11. The molecule has 2 atom stereocenters. The second kappa shape index (κ2) is 22.1. The van der Waals surface area contributed by atoms with E-state index in [0.29, 0.717) is 6.61 Å². The minimum atomic E-state index is -1.60. The van der Waals surface area contributed by atoms with Crippen LogP contribution in [-0.4, -0.2) is 51.8 Å². The second-order valence-corrected chi connectivity index (χ2v) is 7.02. The van der Waals surface area contributed by atoms with Crippen LogP contribution in [0.5, 0.6) is 0 Å². The molecule has 0 saturated heterocycles. The topological polar surface area (TPSA) is 116 Å². The van der Waals surface area contributed by atoms with Crippen molar-refractivity contribution in [1.29, 1.82) is 0 Å². The fourth-order valence-corrected chi connectivity index (χ4v) is 2.67. The molecule has 0 aliphatic heterocycles. The number of hydrogen-bond donors (Lipinski definition) is 4. The van der Waals surface area contributed by atoms with Crippen molar-refractivity contribution in [2.45, 2.75) is 76.4 Å². The first-order valence-corrected chi connectivity index (χ1v) is 10.7. The van der Waals surface area contributed by atoms with Gasteiger partial charge in [-0.25, -0.2) is 10.1 Å². The number of unbranched alkanes of at least 4 members (excludes halogenated alkanes) is 9. The average Bonchev–Trinajstić information content (AvgIpc) is 2.76. The van der Waals surface area contributed by atoms with E-state index in [1.54, 1.807) is 12.2 Å². The number of aliphatic hydroxyl groups is 3. The first-order chi connectivity index (χ1) is 14.6. The number of aliphatic hydroxyl groups excluding tert-OH is 3. The van der Waals surface area contributed by atoms with Crippen LogP contribution in [-0.2, 0) is 14.7 Å². The molecule has 172 valence electrons. The van der Waals surface area contributed by atoms with Crippen LogP contribution in [0.15, 0.2) is 48.6 Å². The lowest BCUT2D eigenvalue weighted by molar-refractivity contribution is -0.490. The zero-order valence-electron chi connectivity index (χ0n) is 17.8. The van der Waals surface area contributed by atoms with Gasteiger partial charge < -0.3 is 15.3 Å². The highest BCUT2D eigenvalue weighted by Crippen LogP contribution is 2.11. The van der Waals surface area contributed by atoms with Crippen LogP contribution in [0.25, 0.3) is 0 Å². The lowest BCUT2D eigenvalue weighted by atomic mass is 10.1. The van der Waals surface area contributed by atoms with Crippen molar-refractivity contribution in [3.63, 3.8) is 0 Å².